The van der Waals surface area contributed by atoms with E-state index in [2.05, 4.69) is 20.2 Å². The summed E-state index contributed by atoms with van der Waals surface area (Å²) in [7, 11) is 0. The van der Waals surface area contributed by atoms with Crippen molar-refractivity contribution >= 4 is 11.9 Å². The molecule has 5 nitrogen and oxygen atoms in total. The number of carbonyl (C=O) groups is 1. The Morgan fingerprint density at radius 3 is 2.68 bits per heavy atom. The van der Waals surface area contributed by atoms with E-state index < -0.39 is 0 Å². The lowest BCUT2D eigenvalue weighted by Crippen LogP contribution is -2.45. The van der Waals surface area contributed by atoms with Crippen molar-refractivity contribution in [2.75, 3.05) is 18.0 Å². The summed E-state index contributed by atoms with van der Waals surface area (Å²) in [6, 6.07) is 2.23. The molecule has 0 atom stereocenters. The molecule has 120 valence electrons. The topological polar surface area (TPSA) is 58.1 Å². The molecule has 22 heavy (non-hydrogen) atoms. The van der Waals surface area contributed by atoms with Crippen LogP contribution in [0.2, 0.25) is 0 Å². The largest absolute Gasteiger partial charge is 0.353 e. The van der Waals surface area contributed by atoms with Gasteiger partial charge in [-0.3, -0.25) is 4.79 Å². The maximum Gasteiger partial charge on any atom is 0.225 e. The Hall–Kier alpha value is -1.65. The number of nitrogens with zero attached hydrogens (tertiary/aromatic N) is 3. The molecule has 0 bridgehead atoms. The van der Waals surface area contributed by atoms with Gasteiger partial charge in [0.25, 0.3) is 0 Å². The van der Waals surface area contributed by atoms with Crippen molar-refractivity contribution in [1.29, 1.82) is 0 Å². The molecular weight excluding hydrogens is 276 g/mol. The number of aromatic nitrogens is 2. The highest BCUT2D eigenvalue weighted by atomic mass is 16.1. The van der Waals surface area contributed by atoms with Gasteiger partial charge in [-0.1, -0.05) is 12.8 Å². The van der Waals surface area contributed by atoms with Gasteiger partial charge in [0.05, 0.1) is 0 Å². The highest BCUT2D eigenvalue weighted by molar-refractivity contribution is 5.76. The number of carbonyl (C=O) groups excluding carboxylic acids is 1. The van der Waals surface area contributed by atoms with Crippen LogP contribution in [0, 0.1) is 12.8 Å². The summed E-state index contributed by atoms with van der Waals surface area (Å²) in [6.07, 6.45) is 9.56. The van der Waals surface area contributed by atoms with Crippen molar-refractivity contribution in [3.63, 3.8) is 0 Å². The van der Waals surface area contributed by atoms with Crippen LogP contribution in [-0.4, -0.2) is 35.0 Å². The van der Waals surface area contributed by atoms with Crippen molar-refractivity contribution in [2.45, 2.75) is 57.9 Å². The quantitative estimate of drug-likeness (QED) is 0.928. The second-order valence-electron chi connectivity index (χ2n) is 6.68. The number of amides is 1. The van der Waals surface area contributed by atoms with Gasteiger partial charge in [-0.2, -0.15) is 0 Å². The smallest absolute Gasteiger partial charge is 0.225 e. The molecule has 1 saturated heterocycles. The van der Waals surface area contributed by atoms with Gasteiger partial charge in [0, 0.05) is 37.4 Å². The summed E-state index contributed by atoms with van der Waals surface area (Å²) < 4.78 is 0. The van der Waals surface area contributed by atoms with Crippen LogP contribution in [0.15, 0.2) is 12.3 Å². The van der Waals surface area contributed by atoms with E-state index in [1.807, 2.05) is 19.2 Å². The minimum Gasteiger partial charge on any atom is -0.353 e. The summed E-state index contributed by atoms with van der Waals surface area (Å²) in [6.45, 7) is 3.82. The zero-order valence-corrected chi connectivity index (χ0v) is 13.4. The summed E-state index contributed by atoms with van der Waals surface area (Å²) >= 11 is 0. The van der Waals surface area contributed by atoms with Crippen molar-refractivity contribution in [3.05, 3.63) is 18.0 Å². The van der Waals surface area contributed by atoms with Crippen LogP contribution in [0.25, 0.3) is 0 Å². The number of rotatable bonds is 4. The van der Waals surface area contributed by atoms with Crippen LogP contribution in [0.3, 0.4) is 0 Å². The van der Waals surface area contributed by atoms with E-state index in [1.165, 1.54) is 25.7 Å². The molecule has 1 aliphatic carbocycles. The van der Waals surface area contributed by atoms with E-state index in [0.29, 0.717) is 12.0 Å². The average molecular weight is 302 g/mol. The van der Waals surface area contributed by atoms with E-state index in [0.717, 1.165) is 44.0 Å². The summed E-state index contributed by atoms with van der Waals surface area (Å²) in [4.78, 5) is 23.2. The lowest BCUT2D eigenvalue weighted by Gasteiger charge is -2.32. The SMILES string of the molecule is Cc1ccnc(N2CCC(NC(=O)CC3CCCC3)CC2)n1. The Morgan fingerprint density at radius 1 is 1.27 bits per heavy atom. The number of anilines is 1. The Bertz CT molecular complexity index is 505. The third-order valence-corrected chi connectivity index (χ3v) is 4.87. The van der Waals surface area contributed by atoms with E-state index >= 15 is 0 Å². The fraction of sp³-hybridized carbons (Fsp3) is 0.706. The van der Waals surface area contributed by atoms with Crippen molar-refractivity contribution in [1.82, 2.24) is 15.3 Å². The first-order chi connectivity index (χ1) is 10.7. The minimum absolute atomic E-state index is 0.247. The van der Waals surface area contributed by atoms with E-state index in [9.17, 15) is 4.79 Å². The molecule has 0 spiro atoms. The predicted octanol–water partition coefficient (Wildman–Crippen LogP) is 2.45. The third-order valence-electron chi connectivity index (χ3n) is 4.87. The molecule has 3 rings (SSSR count). The molecule has 1 aliphatic heterocycles. The Morgan fingerprint density at radius 2 is 2.00 bits per heavy atom. The molecule has 1 aromatic heterocycles. The van der Waals surface area contributed by atoms with E-state index in [-0.39, 0.29) is 5.91 Å². The van der Waals surface area contributed by atoms with Crippen LogP contribution in [0.4, 0.5) is 5.95 Å². The van der Waals surface area contributed by atoms with Gasteiger partial charge in [0.15, 0.2) is 0 Å². The standard InChI is InChI=1S/C17H26N4O/c1-13-6-9-18-17(19-13)21-10-7-15(8-11-21)20-16(22)12-14-4-2-3-5-14/h6,9,14-15H,2-5,7-8,10-12H2,1H3,(H,20,22). The van der Waals surface area contributed by atoms with Crippen molar-refractivity contribution < 1.29 is 4.79 Å². The summed E-state index contributed by atoms with van der Waals surface area (Å²) in [5, 5.41) is 3.22. The van der Waals surface area contributed by atoms with Crippen molar-refractivity contribution in [2.24, 2.45) is 5.92 Å². The van der Waals surface area contributed by atoms with Gasteiger partial charge in [-0.15, -0.1) is 0 Å². The van der Waals surface area contributed by atoms with Gasteiger partial charge >= 0.3 is 0 Å². The molecule has 2 fully saturated rings. The lowest BCUT2D eigenvalue weighted by atomic mass is 10.0. The molecule has 2 heterocycles. The molecule has 1 amide bonds. The lowest BCUT2D eigenvalue weighted by molar-refractivity contribution is -0.122. The second kappa shape index (κ2) is 7.07. The molecule has 1 aromatic rings. The summed E-state index contributed by atoms with van der Waals surface area (Å²) in [5.41, 5.74) is 0.997. The zero-order valence-electron chi connectivity index (χ0n) is 13.4. The van der Waals surface area contributed by atoms with Crippen molar-refractivity contribution in [3.8, 4) is 0 Å². The average Bonchev–Trinajstić information content (AvgIpc) is 3.01. The fourth-order valence-corrected chi connectivity index (χ4v) is 3.58. The maximum absolute atomic E-state index is 12.1. The van der Waals surface area contributed by atoms with Crippen LogP contribution < -0.4 is 10.2 Å². The second-order valence-corrected chi connectivity index (χ2v) is 6.68. The number of piperidine rings is 1. The maximum atomic E-state index is 12.1. The van der Waals surface area contributed by atoms with Gasteiger partial charge in [0.1, 0.15) is 0 Å². The molecule has 0 aromatic carbocycles. The minimum atomic E-state index is 0.247. The number of aryl methyl sites for hydroxylation is 1. The Balaban J connectivity index is 1.44. The molecular formula is C17H26N4O. The third kappa shape index (κ3) is 3.96. The molecule has 1 saturated carbocycles. The van der Waals surface area contributed by atoms with Gasteiger partial charge < -0.3 is 10.2 Å². The van der Waals surface area contributed by atoms with Gasteiger partial charge in [-0.25, -0.2) is 9.97 Å². The molecule has 5 heteroatoms. The first-order valence-electron chi connectivity index (χ1n) is 8.54. The van der Waals surface area contributed by atoms with Crippen LogP contribution in [-0.2, 0) is 4.79 Å². The molecule has 0 radical (unpaired) electrons. The van der Waals surface area contributed by atoms with Crippen LogP contribution >= 0.6 is 0 Å². The zero-order chi connectivity index (χ0) is 15.4. The molecule has 0 unspecified atom stereocenters. The number of nitrogens with one attached hydrogen (secondary N) is 1. The fourth-order valence-electron chi connectivity index (χ4n) is 3.58. The van der Waals surface area contributed by atoms with Crippen LogP contribution in [0.1, 0.15) is 50.6 Å². The molecule has 2 aliphatic rings. The van der Waals surface area contributed by atoms with Gasteiger partial charge in [0.2, 0.25) is 11.9 Å². The Labute approximate surface area is 132 Å². The first kappa shape index (κ1) is 15.3. The molecule has 1 N–H and O–H groups in total. The monoisotopic (exact) mass is 302 g/mol. The number of hydrogen-bond donors (Lipinski definition) is 1. The predicted molar refractivity (Wildman–Crippen MR) is 86.7 cm³/mol. The highest BCUT2D eigenvalue weighted by Gasteiger charge is 2.24. The van der Waals surface area contributed by atoms with E-state index in [1.54, 1.807) is 0 Å². The first-order valence-corrected chi connectivity index (χ1v) is 8.54. The van der Waals surface area contributed by atoms with E-state index in [4.69, 9.17) is 0 Å². The van der Waals surface area contributed by atoms with Gasteiger partial charge in [-0.05, 0) is 44.6 Å². The normalized spacial score (nSPS) is 20.3. The highest BCUT2D eigenvalue weighted by Crippen LogP contribution is 2.27. The Kier molecular flexibility index (Phi) is 4.90. The summed E-state index contributed by atoms with van der Waals surface area (Å²) in [5.74, 6) is 1.69. The van der Waals surface area contributed by atoms with Crippen LogP contribution in [0.5, 0.6) is 0 Å². The number of hydrogen-bond acceptors (Lipinski definition) is 4.